The summed E-state index contributed by atoms with van der Waals surface area (Å²) in [6, 6.07) is 1.29. The van der Waals surface area contributed by atoms with Gasteiger partial charge in [0.2, 0.25) is 5.91 Å². The summed E-state index contributed by atoms with van der Waals surface area (Å²) in [6.07, 6.45) is -0.164. The zero-order valence-corrected chi connectivity index (χ0v) is 12.9. The predicted molar refractivity (Wildman–Crippen MR) is 74.2 cm³/mol. The number of nitrogens with two attached hydrogens (primary N) is 1. The summed E-state index contributed by atoms with van der Waals surface area (Å²) in [5.41, 5.74) is 4.38. The van der Waals surface area contributed by atoms with Gasteiger partial charge in [-0.2, -0.15) is 0 Å². The second-order valence-electron chi connectivity index (χ2n) is 5.02. The van der Waals surface area contributed by atoms with Gasteiger partial charge in [0.25, 0.3) is 10.0 Å². The smallest absolute Gasteiger partial charge is 0.346 e. The maximum Gasteiger partial charge on any atom is 0.346 e. The summed E-state index contributed by atoms with van der Waals surface area (Å²) in [6.45, 7) is 4.56. The Hall–Kier alpha value is -1.45. The van der Waals surface area contributed by atoms with Crippen molar-refractivity contribution in [2.75, 3.05) is 0 Å². The molecule has 0 atom stereocenters. The molecule has 0 aromatic carbocycles. The quantitative estimate of drug-likeness (QED) is 0.710. The van der Waals surface area contributed by atoms with Crippen molar-refractivity contribution in [1.82, 2.24) is 4.72 Å². The fourth-order valence-corrected chi connectivity index (χ4v) is 4.47. The van der Waals surface area contributed by atoms with E-state index in [1.165, 1.54) is 26.8 Å². The lowest BCUT2D eigenvalue weighted by atomic mass is 10.0. The summed E-state index contributed by atoms with van der Waals surface area (Å²) >= 11 is 0.668. The lowest BCUT2D eigenvalue weighted by Crippen LogP contribution is -2.45. The molecule has 9 heteroatoms. The zero-order valence-electron chi connectivity index (χ0n) is 11.3. The third-order valence-electron chi connectivity index (χ3n) is 2.38. The molecule has 0 saturated carbocycles. The number of thiophene rings is 1. The maximum atomic E-state index is 12.2. The lowest BCUT2D eigenvalue weighted by molar-refractivity contribution is -0.119. The number of carboxylic acids is 1. The van der Waals surface area contributed by atoms with E-state index < -0.39 is 27.4 Å². The predicted octanol–water partition coefficient (Wildman–Crippen LogP) is 0.687. The van der Waals surface area contributed by atoms with Crippen molar-refractivity contribution in [2.45, 2.75) is 36.9 Å². The molecule has 1 heterocycles. The first-order valence-corrected chi connectivity index (χ1v) is 7.90. The van der Waals surface area contributed by atoms with Gasteiger partial charge in [0.05, 0.1) is 0 Å². The summed E-state index contributed by atoms with van der Waals surface area (Å²) < 4.78 is 26.6. The van der Waals surface area contributed by atoms with E-state index in [0.717, 1.165) is 0 Å². The molecule has 7 nitrogen and oxygen atoms in total. The number of carbonyl (C=O) groups is 2. The van der Waals surface area contributed by atoms with Gasteiger partial charge in [-0.25, -0.2) is 17.9 Å². The molecule has 112 valence electrons. The van der Waals surface area contributed by atoms with E-state index in [-0.39, 0.29) is 15.5 Å². The number of rotatable bonds is 6. The van der Waals surface area contributed by atoms with Gasteiger partial charge < -0.3 is 10.8 Å². The molecule has 0 saturated heterocycles. The Balaban J connectivity index is 3.09. The van der Waals surface area contributed by atoms with Crippen molar-refractivity contribution < 1.29 is 23.1 Å². The number of hydrogen-bond acceptors (Lipinski definition) is 5. The van der Waals surface area contributed by atoms with Gasteiger partial charge in [0.1, 0.15) is 9.09 Å². The van der Waals surface area contributed by atoms with Crippen LogP contribution >= 0.6 is 11.3 Å². The van der Waals surface area contributed by atoms with Crippen LogP contribution in [0.2, 0.25) is 0 Å². The van der Waals surface area contributed by atoms with E-state index in [4.69, 9.17) is 10.8 Å². The van der Waals surface area contributed by atoms with E-state index in [9.17, 15) is 18.0 Å². The number of carbonyl (C=O) groups excluding carboxylic acids is 1. The van der Waals surface area contributed by atoms with Crippen LogP contribution in [0.1, 0.15) is 35.5 Å². The number of amides is 1. The maximum absolute atomic E-state index is 12.2. The van der Waals surface area contributed by atoms with Crippen LogP contribution < -0.4 is 10.5 Å². The van der Waals surface area contributed by atoms with Crippen LogP contribution in [0, 0.1) is 6.92 Å². The molecule has 20 heavy (non-hydrogen) atoms. The van der Waals surface area contributed by atoms with Gasteiger partial charge >= 0.3 is 5.97 Å². The van der Waals surface area contributed by atoms with Gasteiger partial charge in [0.15, 0.2) is 0 Å². The first-order valence-electron chi connectivity index (χ1n) is 5.60. The van der Waals surface area contributed by atoms with Crippen LogP contribution in [0.5, 0.6) is 0 Å². The molecule has 1 amide bonds. The van der Waals surface area contributed by atoms with Gasteiger partial charge in [-0.15, -0.1) is 11.3 Å². The standard InChI is InChI=1S/C11H16N2O5S2/c1-6-4-8(19-9(6)10(15)16)20(17,18)13-11(2,3)5-7(12)14/h4,13H,5H2,1-3H3,(H2,12,14)(H,15,16). The highest BCUT2D eigenvalue weighted by molar-refractivity contribution is 7.91. The first kappa shape index (κ1) is 16.6. The highest BCUT2D eigenvalue weighted by atomic mass is 32.2. The third kappa shape index (κ3) is 4.02. The van der Waals surface area contributed by atoms with Crippen LogP contribution in [-0.2, 0) is 14.8 Å². The largest absolute Gasteiger partial charge is 0.477 e. The van der Waals surface area contributed by atoms with Crippen molar-refractivity contribution >= 4 is 33.2 Å². The monoisotopic (exact) mass is 320 g/mol. The molecule has 0 aliphatic heterocycles. The molecular weight excluding hydrogens is 304 g/mol. The molecule has 0 radical (unpaired) electrons. The number of aromatic carboxylic acids is 1. The highest BCUT2D eigenvalue weighted by Crippen LogP contribution is 2.27. The molecule has 1 rings (SSSR count). The minimum atomic E-state index is -3.90. The average molecular weight is 320 g/mol. The van der Waals surface area contributed by atoms with Crippen LogP contribution in [-0.4, -0.2) is 30.9 Å². The Bertz CT molecular complexity index is 646. The van der Waals surface area contributed by atoms with Gasteiger partial charge in [-0.1, -0.05) is 0 Å². The number of nitrogens with one attached hydrogen (secondary N) is 1. The van der Waals surface area contributed by atoms with E-state index in [1.54, 1.807) is 0 Å². The van der Waals surface area contributed by atoms with Crippen LogP contribution in [0.25, 0.3) is 0 Å². The second kappa shape index (κ2) is 5.51. The first-order chi connectivity index (χ1) is 8.94. The number of aryl methyl sites for hydroxylation is 1. The van der Waals surface area contributed by atoms with Gasteiger partial charge in [-0.3, -0.25) is 4.79 Å². The van der Waals surface area contributed by atoms with Crippen LogP contribution in [0.3, 0.4) is 0 Å². The highest BCUT2D eigenvalue weighted by Gasteiger charge is 2.30. The average Bonchev–Trinajstić information content (AvgIpc) is 2.56. The van der Waals surface area contributed by atoms with Crippen LogP contribution in [0.4, 0.5) is 0 Å². The molecule has 0 aliphatic carbocycles. The lowest BCUT2D eigenvalue weighted by Gasteiger charge is -2.23. The summed E-state index contributed by atoms with van der Waals surface area (Å²) in [5.74, 6) is -1.81. The number of carboxylic acid groups (broad SMARTS) is 1. The molecular formula is C11H16N2O5S2. The molecule has 0 unspecified atom stereocenters. The summed E-state index contributed by atoms with van der Waals surface area (Å²) in [5, 5.41) is 8.93. The molecule has 4 N–H and O–H groups in total. The van der Waals surface area contributed by atoms with Crippen molar-refractivity contribution in [3.8, 4) is 0 Å². The fourth-order valence-electron chi connectivity index (χ4n) is 1.68. The summed E-state index contributed by atoms with van der Waals surface area (Å²) in [7, 11) is -3.90. The number of hydrogen-bond donors (Lipinski definition) is 3. The summed E-state index contributed by atoms with van der Waals surface area (Å²) in [4.78, 5) is 21.8. The van der Waals surface area contributed by atoms with Crippen molar-refractivity contribution in [3.05, 3.63) is 16.5 Å². The van der Waals surface area contributed by atoms with Crippen LogP contribution in [0.15, 0.2) is 10.3 Å². The van der Waals surface area contributed by atoms with Crippen molar-refractivity contribution in [3.63, 3.8) is 0 Å². The number of sulfonamides is 1. The molecule has 0 fully saturated rings. The fraction of sp³-hybridized carbons (Fsp3) is 0.455. The Morgan fingerprint density at radius 2 is 2.00 bits per heavy atom. The molecule has 1 aromatic rings. The zero-order chi connectivity index (χ0) is 15.7. The number of primary amides is 1. The van der Waals surface area contributed by atoms with Gasteiger partial charge in [-0.05, 0) is 32.4 Å². The Kier molecular flexibility index (Phi) is 4.57. The minimum absolute atomic E-state index is 0.0296. The van der Waals surface area contributed by atoms with E-state index in [1.807, 2.05) is 0 Å². The Morgan fingerprint density at radius 1 is 1.45 bits per heavy atom. The SMILES string of the molecule is Cc1cc(S(=O)(=O)NC(C)(C)CC(N)=O)sc1C(=O)O. The topological polar surface area (TPSA) is 127 Å². The van der Waals surface area contributed by atoms with Gasteiger partial charge in [0, 0.05) is 12.0 Å². The molecule has 0 bridgehead atoms. The van der Waals surface area contributed by atoms with Crippen molar-refractivity contribution in [2.24, 2.45) is 5.73 Å². The minimum Gasteiger partial charge on any atom is -0.477 e. The van der Waals surface area contributed by atoms with Crippen molar-refractivity contribution in [1.29, 1.82) is 0 Å². The Labute approximate surface area is 120 Å². The normalized spacial score (nSPS) is 12.3. The molecule has 0 aliphatic rings. The molecule has 1 aromatic heterocycles. The third-order valence-corrected chi connectivity index (χ3v) is 5.78. The Morgan fingerprint density at radius 3 is 2.40 bits per heavy atom. The van der Waals surface area contributed by atoms with E-state index >= 15 is 0 Å². The van der Waals surface area contributed by atoms with E-state index in [0.29, 0.717) is 16.9 Å². The second-order valence-corrected chi connectivity index (χ2v) is 7.98. The molecule has 0 spiro atoms. The van der Waals surface area contributed by atoms with E-state index in [2.05, 4.69) is 4.72 Å².